The number of ether oxygens (including phenoxy) is 3. The SMILES string of the molecule is COC(=O)[C@@H](C)Sc1nc(N2CCOCC2)nc(N2CCOCC2)n1. The molecule has 0 aliphatic carbocycles. The van der Waals surface area contributed by atoms with Crippen LogP contribution in [0.4, 0.5) is 11.9 Å². The third kappa shape index (κ3) is 4.71. The molecule has 0 radical (unpaired) electrons. The summed E-state index contributed by atoms with van der Waals surface area (Å²) in [6, 6.07) is 0. The van der Waals surface area contributed by atoms with E-state index in [4.69, 9.17) is 14.2 Å². The molecule has 2 aliphatic heterocycles. The maximum Gasteiger partial charge on any atom is 0.318 e. The molecule has 0 aromatic carbocycles. The number of thioether (sulfide) groups is 1. The molecule has 2 fully saturated rings. The molecule has 0 unspecified atom stereocenters. The van der Waals surface area contributed by atoms with Gasteiger partial charge in [-0.05, 0) is 6.92 Å². The zero-order valence-electron chi connectivity index (χ0n) is 14.5. The summed E-state index contributed by atoms with van der Waals surface area (Å²) in [5, 5.41) is 0.137. The maximum atomic E-state index is 11.7. The quantitative estimate of drug-likeness (QED) is 0.529. The van der Waals surface area contributed by atoms with Crippen LogP contribution in [0.3, 0.4) is 0 Å². The largest absolute Gasteiger partial charge is 0.468 e. The van der Waals surface area contributed by atoms with Gasteiger partial charge in [-0.3, -0.25) is 4.79 Å². The van der Waals surface area contributed by atoms with Gasteiger partial charge in [0.15, 0.2) is 5.16 Å². The number of carbonyl (C=O) groups excluding carboxylic acids is 1. The minimum absolute atomic E-state index is 0.300. The van der Waals surface area contributed by atoms with E-state index in [0.29, 0.717) is 43.5 Å². The van der Waals surface area contributed by atoms with Crippen molar-refractivity contribution in [3.05, 3.63) is 0 Å². The number of carbonyl (C=O) groups is 1. The summed E-state index contributed by atoms with van der Waals surface area (Å²) in [7, 11) is 1.38. The summed E-state index contributed by atoms with van der Waals surface area (Å²) < 4.78 is 15.6. The molecule has 0 spiro atoms. The van der Waals surface area contributed by atoms with E-state index in [2.05, 4.69) is 24.8 Å². The molecule has 3 heterocycles. The first-order valence-electron chi connectivity index (χ1n) is 8.33. The predicted molar refractivity (Wildman–Crippen MR) is 93.2 cm³/mol. The highest BCUT2D eigenvalue weighted by molar-refractivity contribution is 8.00. The molecule has 0 saturated carbocycles. The average Bonchev–Trinajstić information content (AvgIpc) is 2.68. The van der Waals surface area contributed by atoms with E-state index in [-0.39, 0.29) is 11.2 Å². The van der Waals surface area contributed by atoms with Crippen LogP contribution in [0.5, 0.6) is 0 Å². The van der Waals surface area contributed by atoms with Gasteiger partial charge in [-0.15, -0.1) is 0 Å². The van der Waals surface area contributed by atoms with Crippen molar-refractivity contribution in [2.75, 3.05) is 69.5 Å². The average molecular weight is 369 g/mol. The van der Waals surface area contributed by atoms with Crippen LogP contribution in [0.2, 0.25) is 0 Å². The molecule has 0 amide bonds. The van der Waals surface area contributed by atoms with Crippen LogP contribution < -0.4 is 9.80 Å². The first kappa shape index (κ1) is 18.2. The molecule has 1 atom stereocenters. The molecule has 25 heavy (non-hydrogen) atoms. The van der Waals surface area contributed by atoms with E-state index >= 15 is 0 Å². The molecule has 3 rings (SSSR count). The van der Waals surface area contributed by atoms with Gasteiger partial charge in [-0.1, -0.05) is 11.8 Å². The van der Waals surface area contributed by atoms with Crippen LogP contribution in [-0.4, -0.2) is 85.9 Å². The van der Waals surface area contributed by atoms with E-state index < -0.39 is 0 Å². The van der Waals surface area contributed by atoms with Crippen LogP contribution in [-0.2, 0) is 19.0 Å². The summed E-state index contributed by atoms with van der Waals surface area (Å²) in [5.41, 5.74) is 0. The Hall–Kier alpha value is -1.65. The minimum Gasteiger partial charge on any atom is -0.468 e. The molecule has 0 N–H and O–H groups in total. The van der Waals surface area contributed by atoms with Crippen LogP contribution in [0, 0.1) is 0 Å². The van der Waals surface area contributed by atoms with Crippen molar-refractivity contribution >= 4 is 29.6 Å². The molecule has 2 saturated heterocycles. The molecule has 1 aromatic rings. The first-order chi connectivity index (χ1) is 12.2. The number of esters is 1. The molecule has 10 heteroatoms. The fourth-order valence-electron chi connectivity index (χ4n) is 2.57. The lowest BCUT2D eigenvalue weighted by Gasteiger charge is -2.30. The number of hydrogen-bond acceptors (Lipinski definition) is 10. The van der Waals surface area contributed by atoms with Crippen LogP contribution in [0.15, 0.2) is 5.16 Å². The Morgan fingerprint density at radius 3 is 1.92 bits per heavy atom. The Kier molecular flexibility index (Phi) is 6.27. The van der Waals surface area contributed by atoms with Crippen molar-refractivity contribution in [2.24, 2.45) is 0 Å². The monoisotopic (exact) mass is 369 g/mol. The Labute approximate surface area is 151 Å². The van der Waals surface area contributed by atoms with E-state index in [0.717, 1.165) is 26.2 Å². The van der Waals surface area contributed by atoms with Gasteiger partial charge in [-0.2, -0.15) is 15.0 Å². The van der Waals surface area contributed by atoms with Gasteiger partial charge < -0.3 is 24.0 Å². The van der Waals surface area contributed by atoms with Gasteiger partial charge in [0.25, 0.3) is 0 Å². The van der Waals surface area contributed by atoms with Crippen molar-refractivity contribution in [1.29, 1.82) is 0 Å². The van der Waals surface area contributed by atoms with E-state index in [1.807, 2.05) is 0 Å². The number of aromatic nitrogens is 3. The molecule has 0 bridgehead atoms. The van der Waals surface area contributed by atoms with Gasteiger partial charge >= 0.3 is 5.97 Å². The summed E-state index contributed by atoms with van der Waals surface area (Å²) in [5.74, 6) is 0.949. The second-order valence-corrected chi connectivity index (χ2v) is 7.01. The van der Waals surface area contributed by atoms with Crippen LogP contribution in [0.1, 0.15) is 6.92 Å². The lowest BCUT2D eigenvalue weighted by atomic mass is 10.4. The number of hydrogen-bond donors (Lipinski definition) is 0. The van der Waals surface area contributed by atoms with Gasteiger partial charge in [0.05, 0.1) is 33.5 Å². The third-order valence-electron chi connectivity index (χ3n) is 3.99. The summed E-state index contributed by atoms with van der Waals surface area (Å²) in [6.45, 7) is 7.35. The lowest BCUT2D eigenvalue weighted by Crippen LogP contribution is -2.40. The molecule has 1 aromatic heterocycles. The van der Waals surface area contributed by atoms with Crippen molar-refractivity contribution in [2.45, 2.75) is 17.3 Å². The summed E-state index contributed by atoms with van der Waals surface area (Å²) >= 11 is 1.28. The van der Waals surface area contributed by atoms with Crippen LogP contribution in [0.25, 0.3) is 0 Å². The van der Waals surface area contributed by atoms with Gasteiger partial charge in [0.1, 0.15) is 5.25 Å². The van der Waals surface area contributed by atoms with Gasteiger partial charge in [0.2, 0.25) is 11.9 Å². The van der Waals surface area contributed by atoms with Crippen molar-refractivity contribution in [1.82, 2.24) is 15.0 Å². The fraction of sp³-hybridized carbons (Fsp3) is 0.733. The minimum atomic E-state index is -0.387. The maximum absolute atomic E-state index is 11.7. The summed E-state index contributed by atoms with van der Waals surface area (Å²) in [4.78, 5) is 29.6. The molecule has 2 aliphatic rings. The van der Waals surface area contributed by atoms with Crippen molar-refractivity contribution in [3.63, 3.8) is 0 Å². The molecular formula is C15H23N5O4S. The number of nitrogens with zero attached hydrogens (tertiary/aromatic N) is 5. The van der Waals surface area contributed by atoms with Gasteiger partial charge in [0, 0.05) is 26.2 Å². The normalized spacial score (nSPS) is 19.6. The Bertz CT molecular complexity index is 557. The van der Waals surface area contributed by atoms with Crippen LogP contribution >= 0.6 is 11.8 Å². The highest BCUT2D eigenvalue weighted by Gasteiger charge is 2.23. The lowest BCUT2D eigenvalue weighted by molar-refractivity contribution is -0.139. The third-order valence-corrected chi connectivity index (χ3v) is 4.93. The second kappa shape index (κ2) is 8.63. The highest BCUT2D eigenvalue weighted by Crippen LogP contribution is 2.25. The van der Waals surface area contributed by atoms with Gasteiger partial charge in [-0.25, -0.2) is 0 Å². The Morgan fingerprint density at radius 2 is 1.48 bits per heavy atom. The smallest absolute Gasteiger partial charge is 0.318 e. The molecule has 138 valence electrons. The van der Waals surface area contributed by atoms with E-state index in [1.165, 1.54) is 18.9 Å². The number of anilines is 2. The number of morpholine rings is 2. The molecular weight excluding hydrogens is 346 g/mol. The Balaban J connectivity index is 1.85. The molecule has 9 nitrogen and oxygen atoms in total. The second-order valence-electron chi connectivity index (χ2n) is 5.70. The number of rotatable bonds is 5. The zero-order chi connectivity index (χ0) is 17.6. The first-order valence-corrected chi connectivity index (χ1v) is 9.21. The highest BCUT2D eigenvalue weighted by atomic mass is 32.2. The van der Waals surface area contributed by atoms with Crippen molar-refractivity contribution in [3.8, 4) is 0 Å². The topological polar surface area (TPSA) is 89.9 Å². The Morgan fingerprint density at radius 1 is 1.00 bits per heavy atom. The fourth-order valence-corrected chi connectivity index (χ4v) is 3.35. The predicted octanol–water partition coefficient (Wildman–Crippen LogP) is 0.198. The standard InChI is InChI=1S/C15H23N5O4S/c1-11(12(21)22-2)25-15-17-13(19-3-7-23-8-4-19)16-14(18-15)20-5-9-24-10-6-20/h11H,3-10H2,1-2H3/t11-/m1/s1. The van der Waals surface area contributed by atoms with E-state index in [9.17, 15) is 4.79 Å². The van der Waals surface area contributed by atoms with Crippen molar-refractivity contribution < 1.29 is 19.0 Å². The van der Waals surface area contributed by atoms with E-state index in [1.54, 1.807) is 6.92 Å². The number of methoxy groups -OCH3 is 1. The zero-order valence-corrected chi connectivity index (χ0v) is 15.3. The summed E-state index contributed by atoms with van der Waals surface area (Å²) in [6.07, 6.45) is 0.